The van der Waals surface area contributed by atoms with Crippen molar-refractivity contribution >= 4 is 52.1 Å². The van der Waals surface area contributed by atoms with Crippen LogP contribution in [0.1, 0.15) is 44.1 Å². The number of thiophene rings is 1. The number of fused-ring (bicyclic) bond motifs is 1. The fraction of sp³-hybridized carbons (Fsp3) is 0.409. The molecule has 0 spiro atoms. The highest BCUT2D eigenvalue weighted by Crippen LogP contribution is 2.51. The van der Waals surface area contributed by atoms with E-state index in [9.17, 15) is 31.5 Å². The number of carbonyl (C=O) groups is 2. The van der Waals surface area contributed by atoms with E-state index in [1.54, 1.807) is 0 Å². The maximum absolute atomic E-state index is 14.3. The van der Waals surface area contributed by atoms with Gasteiger partial charge >= 0.3 is 6.18 Å². The average Bonchev–Trinajstić information content (AvgIpc) is 3.54. The smallest absolute Gasteiger partial charge is 0.374 e. The van der Waals surface area contributed by atoms with Crippen LogP contribution in [-0.2, 0) is 28.1 Å². The van der Waals surface area contributed by atoms with E-state index in [1.165, 1.54) is 0 Å². The van der Waals surface area contributed by atoms with Crippen LogP contribution in [0.4, 0.5) is 22.0 Å². The third kappa shape index (κ3) is 4.78. The fourth-order valence-electron chi connectivity index (χ4n) is 4.19. The van der Waals surface area contributed by atoms with Gasteiger partial charge in [0, 0.05) is 12.1 Å². The first-order chi connectivity index (χ1) is 17.0. The standard InChI is InChI=1S/C22H18Cl2F5N3O3S/c23-13-6-10(7-14(24)17(13)26)21(22(27,28)29)8-15(32-35-21)18-11-2-1-3-12(11)19(36-18)20(34)31-9-16(33)30-5-4-25/h6-7H,1-5,8-9H2,(H,30,33)(H,31,34). The van der Waals surface area contributed by atoms with E-state index in [-0.39, 0.29) is 23.7 Å². The molecule has 0 fully saturated rings. The van der Waals surface area contributed by atoms with Crippen molar-refractivity contribution in [1.29, 1.82) is 0 Å². The molecule has 1 aromatic carbocycles. The number of hydrogen-bond acceptors (Lipinski definition) is 5. The van der Waals surface area contributed by atoms with Gasteiger partial charge in [-0.2, -0.15) is 13.2 Å². The van der Waals surface area contributed by atoms with E-state index < -0.39 is 58.1 Å². The number of alkyl halides is 4. The summed E-state index contributed by atoms with van der Waals surface area (Å²) in [6, 6.07) is 1.61. The van der Waals surface area contributed by atoms with Gasteiger partial charge in [0.1, 0.15) is 12.4 Å². The van der Waals surface area contributed by atoms with Gasteiger partial charge in [0.2, 0.25) is 5.91 Å². The zero-order chi connectivity index (χ0) is 26.3. The Kier molecular flexibility index (Phi) is 7.50. The highest BCUT2D eigenvalue weighted by atomic mass is 35.5. The lowest BCUT2D eigenvalue weighted by molar-refractivity contribution is -0.275. The summed E-state index contributed by atoms with van der Waals surface area (Å²) in [5.74, 6) is -2.20. The van der Waals surface area contributed by atoms with Crippen LogP contribution in [0, 0.1) is 5.82 Å². The van der Waals surface area contributed by atoms with E-state index in [1.807, 2.05) is 0 Å². The molecule has 194 valence electrons. The fourth-order valence-corrected chi connectivity index (χ4v) is 5.97. The largest absolute Gasteiger partial charge is 0.435 e. The van der Waals surface area contributed by atoms with E-state index in [4.69, 9.17) is 28.0 Å². The number of carbonyl (C=O) groups excluding carboxylic acids is 2. The Morgan fingerprint density at radius 2 is 1.81 bits per heavy atom. The Morgan fingerprint density at radius 1 is 1.14 bits per heavy atom. The van der Waals surface area contributed by atoms with Gasteiger partial charge in [0.15, 0.2) is 5.82 Å². The van der Waals surface area contributed by atoms with Crippen LogP contribution in [0.5, 0.6) is 0 Å². The predicted molar refractivity (Wildman–Crippen MR) is 124 cm³/mol. The molecule has 2 heterocycles. The molecule has 1 aliphatic heterocycles. The molecule has 1 aromatic heterocycles. The molecular formula is C22H18Cl2F5N3O3S. The van der Waals surface area contributed by atoms with Gasteiger partial charge < -0.3 is 15.5 Å². The molecule has 14 heteroatoms. The second-order valence-electron chi connectivity index (χ2n) is 8.18. The van der Waals surface area contributed by atoms with E-state index >= 15 is 0 Å². The van der Waals surface area contributed by atoms with Crippen LogP contribution < -0.4 is 10.6 Å². The SMILES string of the molecule is O=C(CNC(=O)c1sc(C2=NOC(c3cc(Cl)c(F)c(Cl)c3)(C(F)(F)F)C2)c2c1CCC2)NCCF. The van der Waals surface area contributed by atoms with Gasteiger partial charge in [-0.1, -0.05) is 28.4 Å². The van der Waals surface area contributed by atoms with E-state index in [0.29, 0.717) is 35.3 Å². The number of hydrogen-bond donors (Lipinski definition) is 2. The number of nitrogens with zero attached hydrogens (tertiary/aromatic N) is 1. The molecule has 4 rings (SSSR count). The molecular weight excluding hydrogens is 552 g/mol. The predicted octanol–water partition coefficient (Wildman–Crippen LogP) is 5.08. The van der Waals surface area contributed by atoms with Crippen molar-refractivity contribution in [1.82, 2.24) is 10.6 Å². The monoisotopic (exact) mass is 569 g/mol. The summed E-state index contributed by atoms with van der Waals surface area (Å²) in [6.07, 6.45) is -3.96. The molecule has 1 atom stereocenters. The molecule has 6 nitrogen and oxygen atoms in total. The third-order valence-electron chi connectivity index (χ3n) is 5.90. The molecule has 1 aliphatic carbocycles. The van der Waals surface area contributed by atoms with Gasteiger partial charge in [0.25, 0.3) is 11.5 Å². The highest BCUT2D eigenvalue weighted by molar-refractivity contribution is 7.16. The number of oxime groups is 1. The van der Waals surface area contributed by atoms with Crippen molar-refractivity contribution in [2.24, 2.45) is 5.16 Å². The van der Waals surface area contributed by atoms with Crippen LogP contribution in [0.15, 0.2) is 17.3 Å². The van der Waals surface area contributed by atoms with Gasteiger partial charge in [-0.25, -0.2) is 8.78 Å². The molecule has 36 heavy (non-hydrogen) atoms. The maximum Gasteiger partial charge on any atom is 0.435 e. The van der Waals surface area contributed by atoms with Gasteiger partial charge in [-0.15, -0.1) is 11.3 Å². The Morgan fingerprint density at radius 3 is 2.44 bits per heavy atom. The molecule has 2 aromatic rings. The number of amides is 2. The van der Waals surface area contributed by atoms with Crippen molar-refractivity contribution < 1.29 is 36.4 Å². The van der Waals surface area contributed by atoms with Crippen LogP contribution in [0.25, 0.3) is 0 Å². The lowest BCUT2D eigenvalue weighted by atomic mass is 9.87. The number of rotatable bonds is 7. The van der Waals surface area contributed by atoms with Crippen LogP contribution in [0.2, 0.25) is 10.0 Å². The summed E-state index contributed by atoms with van der Waals surface area (Å²) in [4.78, 5) is 30.1. The third-order valence-corrected chi connectivity index (χ3v) is 7.77. The summed E-state index contributed by atoms with van der Waals surface area (Å²) < 4.78 is 69.0. The molecule has 1 unspecified atom stereocenters. The molecule has 0 saturated heterocycles. The second kappa shape index (κ2) is 10.1. The van der Waals surface area contributed by atoms with Crippen LogP contribution >= 0.6 is 34.5 Å². The minimum absolute atomic E-state index is 0.0215. The molecule has 2 aliphatic rings. The first-order valence-corrected chi connectivity index (χ1v) is 12.3. The number of nitrogens with one attached hydrogen (secondary N) is 2. The molecule has 2 amide bonds. The van der Waals surface area contributed by atoms with Crippen molar-refractivity contribution in [2.45, 2.75) is 37.5 Å². The van der Waals surface area contributed by atoms with Crippen molar-refractivity contribution in [3.05, 3.63) is 54.4 Å². The Balaban J connectivity index is 1.63. The summed E-state index contributed by atoms with van der Waals surface area (Å²) >= 11 is 12.5. The molecule has 0 bridgehead atoms. The van der Waals surface area contributed by atoms with Gasteiger partial charge in [-0.3, -0.25) is 9.59 Å². The minimum atomic E-state index is -4.96. The van der Waals surface area contributed by atoms with Crippen LogP contribution in [-0.4, -0.2) is 43.5 Å². The Bertz CT molecular complexity index is 1230. The lowest BCUT2D eigenvalue weighted by Gasteiger charge is -2.29. The molecule has 0 radical (unpaired) electrons. The summed E-state index contributed by atoms with van der Waals surface area (Å²) in [6.45, 7) is -1.31. The molecule has 2 N–H and O–H groups in total. The van der Waals surface area contributed by atoms with Crippen molar-refractivity contribution in [3.8, 4) is 0 Å². The van der Waals surface area contributed by atoms with Crippen molar-refractivity contribution in [2.75, 3.05) is 19.8 Å². The Labute approximate surface area is 215 Å². The zero-order valence-electron chi connectivity index (χ0n) is 18.3. The quantitative estimate of drug-likeness (QED) is 0.360. The maximum atomic E-state index is 14.3. The van der Waals surface area contributed by atoms with Gasteiger partial charge in [-0.05, 0) is 42.5 Å². The van der Waals surface area contributed by atoms with E-state index in [2.05, 4.69) is 15.8 Å². The van der Waals surface area contributed by atoms with Crippen LogP contribution in [0.3, 0.4) is 0 Å². The lowest BCUT2D eigenvalue weighted by Crippen LogP contribution is -2.42. The zero-order valence-corrected chi connectivity index (χ0v) is 20.7. The number of benzene rings is 1. The minimum Gasteiger partial charge on any atom is -0.374 e. The Hall–Kier alpha value is -2.44. The summed E-state index contributed by atoms with van der Waals surface area (Å²) in [7, 11) is 0. The molecule has 0 saturated carbocycles. The highest BCUT2D eigenvalue weighted by Gasteiger charge is 2.63. The number of halogens is 7. The first kappa shape index (κ1) is 26.6. The normalized spacial score (nSPS) is 19.0. The van der Waals surface area contributed by atoms with E-state index in [0.717, 1.165) is 23.5 Å². The second-order valence-corrected chi connectivity index (χ2v) is 10.0. The first-order valence-electron chi connectivity index (χ1n) is 10.7. The van der Waals surface area contributed by atoms with Gasteiger partial charge in [0.05, 0.1) is 32.8 Å². The average molecular weight is 570 g/mol. The topological polar surface area (TPSA) is 79.8 Å². The van der Waals surface area contributed by atoms with Crippen molar-refractivity contribution in [3.63, 3.8) is 0 Å². The summed E-state index contributed by atoms with van der Waals surface area (Å²) in [5.41, 5.74) is -2.10. The summed E-state index contributed by atoms with van der Waals surface area (Å²) in [5, 5.41) is 7.28.